The van der Waals surface area contributed by atoms with Crippen molar-refractivity contribution in [3.63, 3.8) is 0 Å². The van der Waals surface area contributed by atoms with E-state index in [2.05, 4.69) is 5.32 Å². The molecular formula is C18H27ClN2O2. The zero-order valence-electron chi connectivity index (χ0n) is 13.7. The SMILES string of the molecule is COCc1cccc(C(=O)NC2C3CCCC2CC(N)C3)c1.Cl. The molecule has 1 aromatic carbocycles. The second kappa shape index (κ2) is 8.13. The molecule has 2 aliphatic carbocycles. The van der Waals surface area contributed by atoms with Crippen LogP contribution in [-0.2, 0) is 11.3 Å². The summed E-state index contributed by atoms with van der Waals surface area (Å²) in [5, 5.41) is 3.29. The molecule has 3 N–H and O–H groups in total. The van der Waals surface area contributed by atoms with Crippen molar-refractivity contribution >= 4 is 18.3 Å². The summed E-state index contributed by atoms with van der Waals surface area (Å²) in [5.41, 5.74) is 7.91. The number of hydrogen-bond donors (Lipinski definition) is 2. The van der Waals surface area contributed by atoms with Crippen LogP contribution in [0.2, 0.25) is 0 Å². The number of nitrogens with two attached hydrogens (primary N) is 1. The van der Waals surface area contributed by atoms with Crippen LogP contribution < -0.4 is 11.1 Å². The van der Waals surface area contributed by atoms with Crippen LogP contribution >= 0.6 is 12.4 Å². The largest absolute Gasteiger partial charge is 0.380 e. The molecule has 128 valence electrons. The number of hydrogen-bond acceptors (Lipinski definition) is 3. The maximum Gasteiger partial charge on any atom is 0.251 e. The lowest BCUT2D eigenvalue weighted by Crippen LogP contribution is -2.53. The third-order valence-electron chi connectivity index (χ3n) is 5.17. The smallest absolute Gasteiger partial charge is 0.251 e. The number of methoxy groups -OCH3 is 1. The van der Waals surface area contributed by atoms with Crippen LogP contribution in [0.15, 0.2) is 24.3 Å². The first-order valence-electron chi connectivity index (χ1n) is 8.31. The summed E-state index contributed by atoms with van der Waals surface area (Å²) in [7, 11) is 1.67. The van der Waals surface area contributed by atoms with E-state index in [0.29, 0.717) is 30.5 Å². The third-order valence-corrected chi connectivity index (χ3v) is 5.17. The summed E-state index contributed by atoms with van der Waals surface area (Å²) >= 11 is 0. The van der Waals surface area contributed by atoms with E-state index in [9.17, 15) is 4.79 Å². The van der Waals surface area contributed by atoms with Gasteiger partial charge in [0.15, 0.2) is 0 Å². The maximum atomic E-state index is 12.6. The van der Waals surface area contributed by atoms with Gasteiger partial charge in [-0.15, -0.1) is 12.4 Å². The highest BCUT2D eigenvalue weighted by molar-refractivity contribution is 5.94. The number of fused-ring (bicyclic) bond motifs is 2. The Bertz CT molecular complexity index is 524. The molecule has 0 spiro atoms. The highest BCUT2D eigenvalue weighted by Crippen LogP contribution is 2.39. The van der Waals surface area contributed by atoms with Gasteiger partial charge in [0.05, 0.1) is 6.61 Å². The van der Waals surface area contributed by atoms with Gasteiger partial charge in [-0.3, -0.25) is 4.79 Å². The molecule has 2 fully saturated rings. The Morgan fingerprint density at radius 2 is 2.00 bits per heavy atom. The summed E-state index contributed by atoms with van der Waals surface area (Å²) < 4.78 is 5.14. The van der Waals surface area contributed by atoms with Gasteiger partial charge in [-0.2, -0.15) is 0 Å². The van der Waals surface area contributed by atoms with Crippen LogP contribution in [0.3, 0.4) is 0 Å². The molecule has 0 saturated heterocycles. The minimum absolute atomic E-state index is 0. The molecule has 4 nitrogen and oxygen atoms in total. The van der Waals surface area contributed by atoms with Gasteiger partial charge in [0.2, 0.25) is 0 Å². The highest BCUT2D eigenvalue weighted by atomic mass is 35.5. The first-order valence-corrected chi connectivity index (χ1v) is 8.31. The van der Waals surface area contributed by atoms with Crippen molar-refractivity contribution in [1.29, 1.82) is 0 Å². The number of amides is 1. The number of rotatable bonds is 4. The van der Waals surface area contributed by atoms with Gasteiger partial charge < -0.3 is 15.8 Å². The van der Waals surface area contributed by atoms with Crippen molar-refractivity contribution in [1.82, 2.24) is 5.32 Å². The number of carbonyl (C=O) groups excluding carboxylic acids is 1. The van der Waals surface area contributed by atoms with Gasteiger partial charge in [-0.05, 0) is 55.2 Å². The van der Waals surface area contributed by atoms with Gasteiger partial charge in [0.25, 0.3) is 5.91 Å². The Hall–Kier alpha value is -1.10. The summed E-state index contributed by atoms with van der Waals surface area (Å²) in [6, 6.07) is 8.30. The van der Waals surface area contributed by atoms with E-state index < -0.39 is 0 Å². The normalized spacial score (nSPS) is 29.5. The second-order valence-electron chi connectivity index (χ2n) is 6.82. The predicted octanol–water partition coefficient (Wildman–Crippen LogP) is 2.89. The van der Waals surface area contributed by atoms with E-state index in [-0.39, 0.29) is 18.3 Å². The Kier molecular flexibility index (Phi) is 6.45. The molecule has 0 radical (unpaired) electrons. The number of benzene rings is 1. The van der Waals surface area contributed by atoms with Crippen LogP contribution in [0.1, 0.15) is 48.0 Å². The van der Waals surface area contributed by atoms with E-state index in [1.165, 1.54) is 19.3 Å². The van der Waals surface area contributed by atoms with Crippen molar-refractivity contribution in [3.05, 3.63) is 35.4 Å². The molecule has 0 aliphatic heterocycles. The average Bonchev–Trinajstić information content (AvgIpc) is 2.49. The van der Waals surface area contributed by atoms with Crippen LogP contribution in [-0.4, -0.2) is 25.1 Å². The zero-order chi connectivity index (χ0) is 15.5. The highest BCUT2D eigenvalue weighted by Gasteiger charge is 2.39. The molecule has 2 unspecified atom stereocenters. The quantitative estimate of drug-likeness (QED) is 0.887. The first-order chi connectivity index (χ1) is 10.7. The molecule has 1 amide bonds. The van der Waals surface area contributed by atoms with E-state index in [4.69, 9.17) is 10.5 Å². The summed E-state index contributed by atoms with van der Waals surface area (Å²) in [5.74, 6) is 1.14. The third kappa shape index (κ3) is 4.25. The van der Waals surface area contributed by atoms with E-state index >= 15 is 0 Å². The number of nitrogens with one attached hydrogen (secondary N) is 1. The molecule has 2 aliphatic rings. The fourth-order valence-electron chi connectivity index (χ4n) is 4.23. The van der Waals surface area contributed by atoms with Gasteiger partial charge in [-0.25, -0.2) is 0 Å². The van der Waals surface area contributed by atoms with Gasteiger partial charge in [0, 0.05) is 24.8 Å². The van der Waals surface area contributed by atoms with Crippen molar-refractivity contribution in [2.24, 2.45) is 17.6 Å². The Balaban J connectivity index is 0.00000192. The molecular weight excluding hydrogens is 312 g/mol. The monoisotopic (exact) mass is 338 g/mol. The second-order valence-corrected chi connectivity index (χ2v) is 6.82. The van der Waals surface area contributed by atoms with E-state index in [0.717, 1.165) is 24.0 Å². The topological polar surface area (TPSA) is 64.3 Å². The van der Waals surface area contributed by atoms with Crippen LogP contribution in [0.5, 0.6) is 0 Å². The molecule has 2 atom stereocenters. The molecule has 0 aromatic heterocycles. The van der Waals surface area contributed by atoms with Crippen LogP contribution in [0.25, 0.3) is 0 Å². The van der Waals surface area contributed by atoms with Crippen molar-refractivity contribution in [2.75, 3.05) is 7.11 Å². The van der Waals surface area contributed by atoms with Crippen molar-refractivity contribution in [3.8, 4) is 0 Å². The van der Waals surface area contributed by atoms with E-state index in [1.54, 1.807) is 7.11 Å². The predicted molar refractivity (Wildman–Crippen MR) is 93.7 cm³/mol. The molecule has 2 saturated carbocycles. The Morgan fingerprint density at radius 1 is 1.30 bits per heavy atom. The van der Waals surface area contributed by atoms with Crippen LogP contribution in [0.4, 0.5) is 0 Å². The molecule has 3 rings (SSSR count). The molecule has 0 heterocycles. The molecule has 5 heteroatoms. The lowest BCUT2D eigenvalue weighted by Gasteiger charge is -2.45. The average molecular weight is 339 g/mol. The Labute approximate surface area is 144 Å². The van der Waals surface area contributed by atoms with Crippen LogP contribution in [0, 0.1) is 11.8 Å². The number of carbonyl (C=O) groups is 1. The minimum Gasteiger partial charge on any atom is -0.380 e. The number of halogens is 1. The van der Waals surface area contributed by atoms with E-state index in [1.807, 2.05) is 24.3 Å². The van der Waals surface area contributed by atoms with Gasteiger partial charge in [0.1, 0.15) is 0 Å². The lowest BCUT2D eigenvalue weighted by atomic mass is 9.67. The standard InChI is InChI=1S/C18H26N2O2.ClH/c1-22-11-12-4-2-7-15(8-12)18(21)20-17-13-5-3-6-14(17)10-16(19)9-13;/h2,4,7-8,13-14,16-17H,3,5-6,9-11,19H2,1H3,(H,20,21);1H. The van der Waals surface area contributed by atoms with Crippen molar-refractivity contribution < 1.29 is 9.53 Å². The Morgan fingerprint density at radius 3 is 2.65 bits per heavy atom. The molecule has 2 bridgehead atoms. The van der Waals surface area contributed by atoms with Gasteiger partial charge >= 0.3 is 0 Å². The minimum atomic E-state index is 0. The fraction of sp³-hybridized carbons (Fsp3) is 0.611. The van der Waals surface area contributed by atoms with Gasteiger partial charge in [-0.1, -0.05) is 18.6 Å². The summed E-state index contributed by atoms with van der Waals surface area (Å²) in [6.07, 6.45) is 5.76. The lowest BCUT2D eigenvalue weighted by molar-refractivity contribution is 0.0755. The molecule has 23 heavy (non-hydrogen) atoms. The molecule has 1 aromatic rings. The summed E-state index contributed by atoms with van der Waals surface area (Å²) in [4.78, 5) is 12.6. The van der Waals surface area contributed by atoms with Crippen molar-refractivity contribution in [2.45, 2.75) is 50.8 Å². The summed E-state index contributed by atoms with van der Waals surface area (Å²) in [6.45, 7) is 0.532. The zero-order valence-corrected chi connectivity index (χ0v) is 14.5. The maximum absolute atomic E-state index is 12.6. The number of ether oxygens (including phenoxy) is 1. The fourth-order valence-corrected chi connectivity index (χ4v) is 4.23. The first kappa shape index (κ1) is 18.2.